The zero-order valence-electron chi connectivity index (χ0n) is 31.5. The van der Waals surface area contributed by atoms with Crippen molar-refractivity contribution in [3.8, 4) is 57.5 Å². The fraction of sp³-hybridized carbons (Fsp3) is 0.182. The van der Waals surface area contributed by atoms with E-state index in [1.807, 2.05) is 72.8 Å². The maximum absolute atomic E-state index is 13.5. The largest absolute Gasteiger partial charge is 0.493 e. The van der Waals surface area contributed by atoms with Gasteiger partial charge in [-0.15, -0.1) is 0 Å². The van der Waals surface area contributed by atoms with E-state index < -0.39 is 9.84 Å². The van der Waals surface area contributed by atoms with Crippen LogP contribution in [0.15, 0.2) is 131 Å². The van der Waals surface area contributed by atoms with Crippen LogP contribution < -0.4 is 37.9 Å². The summed E-state index contributed by atoms with van der Waals surface area (Å²) < 4.78 is 72.1. The van der Waals surface area contributed by atoms with Gasteiger partial charge in [-0.05, 0) is 132 Å². The number of methoxy groups -OCH3 is 6. The molecule has 0 atom stereocenters. The first-order chi connectivity index (χ1) is 26.7. The van der Waals surface area contributed by atoms with Gasteiger partial charge in [-0.1, -0.05) is 24.3 Å². The average molecular weight is 763 g/mol. The minimum Gasteiger partial charge on any atom is -0.493 e. The first-order valence-corrected chi connectivity index (χ1v) is 18.7. The lowest BCUT2D eigenvalue weighted by Gasteiger charge is -2.14. The lowest BCUT2D eigenvalue weighted by molar-refractivity contribution is 0.354. The number of sulfone groups is 1. The monoisotopic (exact) mass is 762 g/mol. The first-order valence-electron chi connectivity index (χ1n) is 17.2. The molecule has 10 nitrogen and oxygen atoms in total. The predicted molar refractivity (Wildman–Crippen MR) is 209 cm³/mol. The summed E-state index contributed by atoms with van der Waals surface area (Å²) in [5.74, 6) is 5.63. The number of benzene rings is 6. The summed E-state index contributed by atoms with van der Waals surface area (Å²) in [4.78, 5) is 0.245. The summed E-state index contributed by atoms with van der Waals surface area (Å²) in [6.45, 7) is 0. The van der Waals surface area contributed by atoms with Crippen molar-refractivity contribution in [2.75, 3.05) is 42.7 Å². The Kier molecular flexibility index (Phi) is 12.0. The molecule has 6 rings (SSSR count). The Morgan fingerprint density at radius 3 is 0.909 bits per heavy atom. The van der Waals surface area contributed by atoms with Crippen LogP contribution in [0.25, 0.3) is 0 Å². The van der Waals surface area contributed by atoms with E-state index in [-0.39, 0.29) is 9.79 Å². The van der Waals surface area contributed by atoms with Crippen molar-refractivity contribution in [1.29, 1.82) is 0 Å². The molecule has 11 heteroatoms. The van der Waals surface area contributed by atoms with Gasteiger partial charge in [0.05, 0.1) is 52.4 Å². The lowest BCUT2D eigenvalue weighted by Crippen LogP contribution is -2.02. The van der Waals surface area contributed by atoms with Crippen molar-refractivity contribution < 1.29 is 46.3 Å². The van der Waals surface area contributed by atoms with E-state index in [2.05, 4.69) is 0 Å². The van der Waals surface area contributed by atoms with Gasteiger partial charge < -0.3 is 37.9 Å². The normalized spacial score (nSPS) is 11.0. The predicted octanol–water partition coefficient (Wildman–Crippen LogP) is 9.34. The molecular weight excluding hydrogens is 721 g/mol. The van der Waals surface area contributed by atoms with E-state index in [1.54, 1.807) is 66.9 Å². The molecule has 0 fully saturated rings. The van der Waals surface area contributed by atoms with Crippen LogP contribution in [0.1, 0.15) is 22.3 Å². The molecule has 0 aliphatic heterocycles. The molecule has 0 heterocycles. The minimum atomic E-state index is -3.83. The maximum Gasteiger partial charge on any atom is 0.206 e. The van der Waals surface area contributed by atoms with Crippen LogP contribution in [-0.2, 0) is 22.7 Å². The van der Waals surface area contributed by atoms with E-state index in [4.69, 9.17) is 37.9 Å². The van der Waals surface area contributed by atoms with Gasteiger partial charge in [0.15, 0.2) is 46.0 Å². The second-order valence-electron chi connectivity index (χ2n) is 12.4. The highest BCUT2D eigenvalue weighted by atomic mass is 32.2. The van der Waals surface area contributed by atoms with Crippen LogP contribution in [0.4, 0.5) is 0 Å². The second kappa shape index (κ2) is 17.2. The van der Waals surface area contributed by atoms with Crippen molar-refractivity contribution in [2.24, 2.45) is 0 Å². The van der Waals surface area contributed by atoms with Crippen molar-refractivity contribution >= 4 is 9.84 Å². The van der Waals surface area contributed by atoms with Crippen LogP contribution in [0, 0.1) is 0 Å². The van der Waals surface area contributed by atoms with Gasteiger partial charge >= 0.3 is 0 Å². The van der Waals surface area contributed by atoms with Crippen LogP contribution in [0.5, 0.6) is 57.5 Å². The topological polar surface area (TPSA) is 108 Å². The van der Waals surface area contributed by atoms with Crippen molar-refractivity contribution in [1.82, 2.24) is 0 Å². The molecule has 284 valence electrons. The summed E-state index contributed by atoms with van der Waals surface area (Å²) in [6.07, 6.45) is 1.28. The Labute approximate surface area is 321 Å². The fourth-order valence-corrected chi connectivity index (χ4v) is 7.29. The molecule has 0 radical (unpaired) electrons. The van der Waals surface area contributed by atoms with E-state index >= 15 is 0 Å². The molecule has 0 aromatic heterocycles. The van der Waals surface area contributed by atoms with Crippen LogP contribution >= 0.6 is 0 Å². The van der Waals surface area contributed by atoms with Crippen LogP contribution in [-0.4, -0.2) is 51.1 Å². The molecule has 0 aliphatic rings. The summed E-state index contributed by atoms with van der Waals surface area (Å²) in [5, 5.41) is 0. The SMILES string of the molecule is COc1ccc(Cc2ccc(Oc3ccc(S(=O)(=O)c4ccc(Oc5ccc(Cc6ccc(OC)c(OC)c6)cc5OC)cc4)cc3)c(OC)c2)cc1OC. The zero-order chi connectivity index (χ0) is 39.0. The van der Waals surface area contributed by atoms with Gasteiger partial charge in [-0.2, -0.15) is 0 Å². The zero-order valence-corrected chi connectivity index (χ0v) is 32.3. The van der Waals surface area contributed by atoms with Crippen molar-refractivity contribution in [2.45, 2.75) is 22.6 Å². The highest BCUT2D eigenvalue weighted by Crippen LogP contribution is 2.37. The Morgan fingerprint density at radius 1 is 0.345 bits per heavy atom. The molecule has 6 aromatic rings. The molecular formula is C44H42O10S. The minimum absolute atomic E-state index is 0.123. The molecule has 55 heavy (non-hydrogen) atoms. The third kappa shape index (κ3) is 8.90. The third-order valence-electron chi connectivity index (χ3n) is 8.89. The molecule has 0 aliphatic carbocycles. The number of hydrogen-bond donors (Lipinski definition) is 0. The number of rotatable bonds is 16. The molecule has 0 bridgehead atoms. The molecule has 0 unspecified atom stereocenters. The Balaban J connectivity index is 1.10. The average Bonchev–Trinajstić information content (AvgIpc) is 3.22. The molecule has 0 saturated heterocycles. The molecule has 0 amide bonds. The molecule has 0 saturated carbocycles. The lowest BCUT2D eigenvalue weighted by atomic mass is 10.0. The van der Waals surface area contributed by atoms with Crippen molar-refractivity contribution in [3.05, 3.63) is 144 Å². The number of ether oxygens (including phenoxy) is 8. The number of hydrogen-bond acceptors (Lipinski definition) is 10. The van der Waals surface area contributed by atoms with Gasteiger partial charge in [-0.3, -0.25) is 0 Å². The highest BCUT2D eigenvalue weighted by molar-refractivity contribution is 7.91. The summed E-state index contributed by atoms with van der Waals surface area (Å²) >= 11 is 0. The highest BCUT2D eigenvalue weighted by Gasteiger charge is 2.19. The first kappa shape index (κ1) is 38.4. The van der Waals surface area contributed by atoms with Gasteiger partial charge in [0.25, 0.3) is 0 Å². The van der Waals surface area contributed by atoms with Gasteiger partial charge in [0.2, 0.25) is 9.84 Å². The Morgan fingerprint density at radius 2 is 0.618 bits per heavy atom. The van der Waals surface area contributed by atoms with E-state index in [1.165, 1.54) is 24.3 Å². The standard InChI is InChI=1S/C44H42O10S/c1-47-37-19-7-29(25-41(37)49-3)23-31-9-21-39(43(27-31)51-5)53-33-11-15-35(16-12-33)55(45,46)36-17-13-34(14-18-36)54-40-22-10-32(28-44(40)52-6)24-30-8-20-38(48-2)42(26-30)50-4/h7-22,25-28H,23-24H2,1-6H3. The van der Waals surface area contributed by atoms with Crippen molar-refractivity contribution in [3.63, 3.8) is 0 Å². The van der Waals surface area contributed by atoms with Crippen LogP contribution in [0.3, 0.4) is 0 Å². The molecule has 0 N–H and O–H groups in total. The van der Waals surface area contributed by atoms with Gasteiger partial charge in [-0.25, -0.2) is 8.42 Å². The quantitative estimate of drug-likeness (QED) is 0.0947. The van der Waals surface area contributed by atoms with E-state index in [0.717, 1.165) is 22.3 Å². The summed E-state index contributed by atoms with van der Waals surface area (Å²) in [5.41, 5.74) is 4.10. The Bertz CT molecular complexity index is 2190. The van der Waals surface area contributed by atoms with Gasteiger partial charge in [0, 0.05) is 0 Å². The molecule has 0 spiro atoms. The second-order valence-corrected chi connectivity index (χ2v) is 14.3. The third-order valence-corrected chi connectivity index (χ3v) is 10.7. The summed E-state index contributed by atoms with van der Waals surface area (Å²) in [7, 11) is 5.74. The van der Waals surface area contributed by atoms with Gasteiger partial charge in [0.1, 0.15) is 11.5 Å². The van der Waals surface area contributed by atoms with Crippen LogP contribution in [0.2, 0.25) is 0 Å². The van der Waals surface area contributed by atoms with E-state index in [0.29, 0.717) is 70.3 Å². The smallest absolute Gasteiger partial charge is 0.206 e. The summed E-state index contributed by atoms with van der Waals surface area (Å²) in [6, 6.07) is 35.5. The maximum atomic E-state index is 13.5. The molecule has 6 aromatic carbocycles. The van der Waals surface area contributed by atoms with E-state index in [9.17, 15) is 8.42 Å². The Hall–Kier alpha value is -6.33. The fourth-order valence-electron chi connectivity index (χ4n) is 6.03.